The zero-order valence-corrected chi connectivity index (χ0v) is 37.8. The van der Waals surface area contributed by atoms with Gasteiger partial charge < -0.3 is 0 Å². The molecule has 10 aromatic carbocycles. The maximum atomic E-state index is 5.05. The van der Waals surface area contributed by atoms with E-state index in [2.05, 4.69) is 212 Å². The first kappa shape index (κ1) is 41.2. The molecule has 0 atom stereocenters. The smallest absolute Gasteiger partial charge is 0.179 e. The first-order valence-electron chi connectivity index (χ1n) is 22.8. The fourth-order valence-electron chi connectivity index (χ4n) is 9.53. The minimum Gasteiger partial charge on any atom is -0.208 e. The van der Waals surface area contributed by atoms with E-state index in [0.29, 0.717) is 17.5 Å². The summed E-state index contributed by atoms with van der Waals surface area (Å²) in [6.45, 7) is 0. The van der Waals surface area contributed by atoms with Crippen molar-refractivity contribution in [2.75, 3.05) is 0 Å². The summed E-state index contributed by atoms with van der Waals surface area (Å²) in [5.41, 5.74) is 12.0. The Bertz CT molecular complexity index is 3250. The van der Waals surface area contributed by atoms with Crippen LogP contribution in [0.3, 0.4) is 0 Å². The second kappa shape index (κ2) is 18.5. The monoisotopic (exact) mass is 871 g/mol. The number of rotatable bonds is 11. The molecule has 0 spiro atoms. The van der Waals surface area contributed by atoms with Gasteiger partial charge in [0.1, 0.15) is 0 Å². The topological polar surface area (TPSA) is 38.7 Å². The van der Waals surface area contributed by atoms with Crippen molar-refractivity contribution < 1.29 is 0 Å². The van der Waals surface area contributed by atoms with Crippen molar-refractivity contribution in [3.63, 3.8) is 0 Å². The van der Waals surface area contributed by atoms with Crippen LogP contribution in [0, 0.1) is 0 Å². The molecule has 0 saturated heterocycles. The number of nitrogens with zero attached hydrogens (tertiary/aromatic N) is 3. The summed E-state index contributed by atoms with van der Waals surface area (Å²) in [4.78, 5) is 15.0. The molecular formula is C63H45N3Si. The molecule has 0 saturated carbocycles. The lowest BCUT2D eigenvalue weighted by molar-refractivity contribution is 1.07. The van der Waals surface area contributed by atoms with Gasteiger partial charge in [0.25, 0.3) is 0 Å². The average Bonchev–Trinajstić information content (AvgIpc) is 3.42. The van der Waals surface area contributed by atoms with Gasteiger partial charge >= 0.3 is 0 Å². The van der Waals surface area contributed by atoms with Crippen LogP contribution in [0.2, 0.25) is 0 Å². The molecule has 0 amide bonds. The highest BCUT2D eigenvalue weighted by atomic mass is 28.3. The molecule has 0 radical (unpaired) electrons. The Labute approximate surface area is 393 Å². The Hall–Kier alpha value is -8.57. The summed E-state index contributed by atoms with van der Waals surface area (Å²) in [6.07, 6.45) is 0. The van der Waals surface area contributed by atoms with Crippen molar-refractivity contribution >= 4 is 28.8 Å². The minimum absolute atomic E-state index is 0.626. The number of hydrogen-bond acceptors (Lipinski definition) is 3. The van der Waals surface area contributed by atoms with Gasteiger partial charge in [-0.3, -0.25) is 0 Å². The van der Waals surface area contributed by atoms with Gasteiger partial charge in [0.15, 0.2) is 25.5 Å². The molecule has 0 bridgehead atoms. The van der Waals surface area contributed by atoms with Crippen LogP contribution < -0.4 is 20.7 Å². The fourth-order valence-corrected chi connectivity index (χ4v) is 14.3. The first-order valence-corrected chi connectivity index (χ1v) is 24.8. The fraction of sp³-hybridized carbons (Fsp3) is 0. The molecule has 0 unspecified atom stereocenters. The Balaban J connectivity index is 1.12. The molecule has 0 aliphatic carbocycles. The van der Waals surface area contributed by atoms with Crippen LogP contribution in [0.5, 0.6) is 0 Å². The van der Waals surface area contributed by atoms with E-state index in [1.807, 2.05) is 60.7 Å². The highest BCUT2D eigenvalue weighted by molar-refractivity contribution is 7.19. The third-order valence-corrected chi connectivity index (χ3v) is 17.5. The largest absolute Gasteiger partial charge is 0.208 e. The summed E-state index contributed by atoms with van der Waals surface area (Å²) < 4.78 is 0. The Morgan fingerprint density at radius 3 is 0.955 bits per heavy atom. The summed E-state index contributed by atoms with van der Waals surface area (Å²) in [5, 5.41) is 5.36. The molecule has 3 nitrogen and oxygen atoms in total. The predicted molar refractivity (Wildman–Crippen MR) is 281 cm³/mol. The van der Waals surface area contributed by atoms with Crippen molar-refractivity contribution in [2.45, 2.75) is 0 Å². The van der Waals surface area contributed by atoms with Gasteiger partial charge in [0.05, 0.1) is 0 Å². The Morgan fingerprint density at radius 2 is 0.522 bits per heavy atom. The Kier molecular flexibility index (Phi) is 11.4. The molecule has 0 aliphatic heterocycles. The number of benzene rings is 10. The lowest BCUT2D eigenvalue weighted by Crippen LogP contribution is -2.74. The maximum Gasteiger partial charge on any atom is 0.179 e. The minimum atomic E-state index is -2.82. The zero-order valence-electron chi connectivity index (χ0n) is 36.8. The van der Waals surface area contributed by atoms with Gasteiger partial charge in [-0.15, -0.1) is 0 Å². The molecule has 11 rings (SSSR count). The molecule has 4 heteroatoms. The molecule has 0 fully saturated rings. The van der Waals surface area contributed by atoms with E-state index >= 15 is 0 Å². The van der Waals surface area contributed by atoms with Crippen LogP contribution in [0.25, 0.3) is 78.7 Å². The maximum absolute atomic E-state index is 5.05. The van der Waals surface area contributed by atoms with Crippen molar-refractivity contribution in [3.05, 3.63) is 273 Å². The van der Waals surface area contributed by atoms with E-state index in [9.17, 15) is 0 Å². The molecule has 1 aromatic heterocycles. The van der Waals surface area contributed by atoms with Crippen LogP contribution in [0.1, 0.15) is 0 Å². The lowest BCUT2D eigenvalue weighted by Gasteiger charge is -2.34. The number of hydrogen-bond donors (Lipinski definition) is 0. The molecular weight excluding hydrogens is 827 g/mol. The van der Waals surface area contributed by atoms with E-state index in [-0.39, 0.29) is 0 Å². The first-order chi connectivity index (χ1) is 33.2. The standard InChI is InChI=1S/C63H45N3Si/c1-8-23-46(24-9-1)53-44-58(47-39-41-51(42-40-47)63-65-61(49-27-12-3-13-28-49)64-62(66-63)50-29-14-4-15-30-50)60(48-25-10-2-11-26-48)59(45-53)52-31-22-38-57(43-52)67(54-32-16-5-17-33-54,55-34-18-6-19-35-55)56-36-20-7-21-37-56/h1-45H. The third-order valence-electron chi connectivity index (χ3n) is 12.7. The lowest BCUT2D eigenvalue weighted by atomic mass is 9.84. The highest BCUT2D eigenvalue weighted by Crippen LogP contribution is 2.43. The van der Waals surface area contributed by atoms with Gasteiger partial charge in [-0.1, -0.05) is 261 Å². The van der Waals surface area contributed by atoms with Gasteiger partial charge in [-0.25, -0.2) is 15.0 Å². The zero-order chi connectivity index (χ0) is 44.8. The Morgan fingerprint density at radius 1 is 0.209 bits per heavy atom. The van der Waals surface area contributed by atoms with E-state index in [4.69, 9.17) is 15.0 Å². The summed E-state index contributed by atoms with van der Waals surface area (Å²) in [5.74, 6) is 1.91. The van der Waals surface area contributed by atoms with Crippen molar-refractivity contribution in [1.82, 2.24) is 15.0 Å². The second-order valence-electron chi connectivity index (χ2n) is 16.7. The highest BCUT2D eigenvalue weighted by Gasteiger charge is 2.41. The van der Waals surface area contributed by atoms with E-state index in [0.717, 1.165) is 44.5 Å². The van der Waals surface area contributed by atoms with Gasteiger partial charge in [0, 0.05) is 16.7 Å². The predicted octanol–water partition coefficient (Wildman–Crippen LogP) is 12.9. The molecule has 67 heavy (non-hydrogen) atoms. The van der Waals surface area contributed by atoms with Crippen molar-refractivity contribution in [3.8, 4) is 78.7 Å². The molecule has 1 heterocycles. The van der Waals surface area contributed by atoms with Crippen molar-refractivity contribution in [1.29, 1.82) is 0 Å². The summed E-state index contributed by atoms with van der Waals surface area (Å²) >= 11 is 0. The molecule has 0 N–H and O–H groups in total. The quantitative estimate of drug-likeness (QED) is 0.0960. The summed E-state index contributed by atoms with van der Waals surface area (Å²) in [6, 6.07) is 98.2. The van der Waals surface area contributed by atoms with Gasteiger partial charge in [-0.2, -0.15) is 0 Å². The van der Waals surface area contributed by atoms with Crippen LogP contribution in [-0.4, -0.2) is 23.0 Å². The normalized spacial score (nSPS) is 11.3. The van der Waals surface area contributed by atoms with Crippen LogP contribution in [0.4, 0.5) is 0 Å². The van der Waals surface area contributed by atoms with Crippen molar-refractivity contribution in [2.24, 2.45) is 0 Å². The molecule has 316 valence electrons. The van der Waals surface area contributed by atoms with Crippen LogP contribution in [0.15, 0.2) is 273 Å². The SMILES string of the molecule is c1ccc(-c2cc(-c3ccc(-c4nc(-c5ccccc5)nc(-c5ccccc5)n4)cc3)c(-c3ccccc3)c(-c3cccc([Si](c4ccccc4)(c4ccccc4)c4ccccc4)c3)c2)cc1. The van der Waals surface area contributed by atoms with Crippen LogP contribution in [-0.2, 0) is 0 Å². The van der Waals surface area contributed by atoms with Crippen LogP contribution >= 0.6 is 0 Å². The van der Waals surface area contributed by atoms with E-state index < -0.39 is 8.07 Å². The van der Waals surface area contributed by atoms with E-state index in [1.165, 1.54) is 37.4 Å². The average molecular weight is 872 g/mol. The van der Waals surface area contributed by atoms with Gasteiger partial charge in [0.2, 0.25) is 0 Å². The second-order valence-corrected chi connectivity index (χ2v) is 20.5. The van der Waals surface area contributed by atoms with E-state index in [1.54, 1.807) is 0 Å². The third kappa shape index (κ3) is 8.12. The number of aromatic nitrogens is 3. The molecule has 11 aromatic rings. The molecule has 0 aliphatic rings. The van der Waals surface area contributed by atoms with Gasteiger partial charge in [-0.05, 0) is 77.4 Å². The summed E-state index contributed by atoms with van der Waals surface area (Å²) in [7, 11) is -2.82.